The Morgan fingerprint density at radius 1 is 1.11 bits per heavy atom. The predicted octanol–water partition coefficient (Wildman–Crippen LogP) is 4.50. The van der Waals surface area contributed by atoms with Crippen molar-refractivity contribution < 1.29 is 13.9 Å². The Bertz CT molecular complexity index is 1010. The van der Waals surface area contributed by atoms with Crippen LogP contribution in [0.3, 0.4) is 0 Å². The highest BCUT2D eigenvalue weighted by molar-refractivity contribution is 7.09. The van der Waals surface area contributed by atoms with Crippen LogP contribution < -0.4 is 0 Å². The van der Waals surface area contributed by atoms with E-state index in [-0.39, 0.29) is 5.69 Å². The van der Waals surface area contributed by atoms with Crippen LogP contribution in [0.25, 0.3) is 11.4 Å². The van der Waals surface area contributed by atoms with Crippen molar-refractivity contribution in [1.82, 2.24) is 15.0 Å². The quantitative estimate of drug-likeness (QED) is 0.319. The van der Waals surface area contributed by atoms with E-state index in [2.05, 4.69) is 21.1 Å². The van der Waals surface area contributed by atoms with E-state index >= 15 is 0 Å². The van der Waals surface area contributed by atoms with Gasteiger partial charge in [0.1, 0.15) is 5.76 Å². The van der Waals surface area contributed by atoms with E-state index in [9.17, 15) is 10.1 Å². The molecule has 142 valence electrons. The number of furan rings is 1. The largest absolute Gasteiger partial charge is 0.468 e. The molecule has 0 spiro atoms. The average Bonchev–Trinajstić information content (AvgIpc) is 3.45. The fourth-order valence-corrected chi connectivity index (χ4v) is 3.55. The summed E-state index contributed by atoms with van der Waals surface area (Å²) in [5.74, 6) is 1.60. The van der Waals surface area contributed by atoms with Gasteiger partial charge < -0.3 is 8.94 Å². The van der Waals surface area contributed by atoms with E-state index in [1.807, 2.05) is 23.6 Å². The van der Waals surface area contributed by atoms with Crippen LogP contribution in [0.5, 0.6) is 0 Å². The van der Waals surface area contributed by atoms with Crippen LogP contribution in [0.4, 0.5) is 5.69 Å². The lowest BCUT2D eigenvalue weighted by molar-refractivity contribution is -0.384. The molecule has 3 aromatic heterocycles. The Morgan fingerprint density at radius 3 is 2.79 bits per heavy atom. The first-order valence-corrected chi connectivity index (χ1v) is 9.40. The Labute approximate surface area is 164 Å². The summed E-state index contributed by atoms with van der Waals surface area (Å²) < 4.78 is 10.9. The minimum Gasteiger partial charge on any atom is -0.468 e. The van der Waals surface area contributed by atoms with Crippen molar-refractivity contribution in [2.45, 2.75) is 19.6 Å². The summed E-state index contributed by atoms with van der Waals surface area (Å²) in [6.07, 6.45) is 1.64. The Morgan fingerprint density at radius 2 is 2.04 bits per heavy atom. The maximum absolute atomic E-state index is 11.0. The lowest BCUT2D eigenvalue weighted by Crippen LogP contribution is -2.21. The Kier molecular flexibility index (Phi) is 5.27. The first-order valence-electron chi connectivity index (χ1n) is 8.52. The monoisotopic (exact) mass is 396 g/mol. The van der Waals surface area contributed by atoms with Crippen molar-refractivity contribution in [2.75, 3.05) is 0 Å². The molecule has 0 aliphatic rings. The third-order valence-electron chi connectivity index (χ3n) is 4.06. The van der Waals surface area contributed by atoms with Crippen molar-refractivity contribution >= 4 is 17.0 Å². The van der Waals surface area contributed by atoms with Crippen LogP contribution in [0.2, 0.25) is 0 Å². The van der Waals surface area contributed by atoms with Crippen molar-refractivity contribution in [3.63, 3.8) is 0 Å². The van der Waals surface area contributed by atoms with Gasteiger partial charge in [0.25, 0.3) is 5.69 Å². The molecule has 0 aliphatic heterocycles. The van der Waals surface area contributed by atoms with Gasteiger partial charge in [0, 0.05) is 29.1 Å². The third-order valence-corrected chi connectivity index (χ3v) is 4.92. The topological polar surface area (TPSA) is 98.4 Å². The lowest BCUT2D eigenvalue weighted by Gasteiger charge is -2.18. The van der Waals surface area contributed by atoms with Gasteiger partial charge in [-0.05, 0) is 23.6 Å². The zero-order valence-corrected chi connectivity index (χ0v) is 15.5. The molecule has 0 N–H and O–H groups in total. The van der Waals surface area contributed by atoms with Gasteiger partial charge in [-0.25, -0.2) is 0 Å². The molecule has 0 atom stereocenters. The van der Waals surface area contributed by atoms with Gasteiger partial charge in [-0.1, -0.05) is 23.4 Å². The molecule has 0 bridgehead atoms. The minimum atomic E-state index is -0.448. The number of nitro groups is 1. The zero-order valence-electron chi connectivity index (χ0n) is 14.7. The van der Waals surface area contributed by atoms with Crippen molar-refractivity contribution in [2.24, 2.45) is 0 Å². The number of thiophene rings is 1. The molecule has 0 unspecified atom stereocenters. The smallest absolute Gasteiger partial charge is 0.270 e. The first kappa shape index (κ1) is 18.1. The number of rotatable bonds is 8. The summed E-state index contributed by atoms with van der Waals surface area (Å²) in [5, 5.41) is 17.0. The molecule has 1 aromatic carbocycles. The molecule has 9 heteroatoms. The SMILES string of the molecule is O=[N+]([O-])c1cccc(-c2noc(CN(Cc3ccco3)Cc3cccs3)n2)c1. The number of nitro benzene ring substituents is 1. The van der Waals surface area contributed by atoms with Crippen molar-refractivity contribution in [3.05, 3.63) is 86.8 Å². The number of non-ortho nitro benzene ring substituents is 1. The van der Waals surface area contributed by atoms with Gasteiger partial charge in [0.2, 0.25) is 11.7 Å². The predicted molar refractivity (Wildman–Crippen MR) is 102 cm³/mol. The molecular weight excluding hydrogens is 380 g/mol. The fraction of sp³-hybridized carbons (Fsp3) is 0.158. The summed E-state index contributed by atoms with van der Waals surface area (Å²) in [6, 6.07) is 14.0. The third kappa shape index (κ3) is 4.33. The lowest BCUT2D eigenvalue weighted by atomic mass is 10.2. The van der Waals surface area contributed by atoms with Crippen LogP contribution in [0, 0.1) is 10.1 Å². The minimum absolute atomic E-state index is 0.0130. The summed E-state index contributed by atoms with van der Waals surface area (Å²) in [6.45, 7) is 1.74. The molecule has 8 nitrogen and oxygen atoms in total. The normalized spacial score (nSPS) is 11.2. The highest BCUT2D eigenvalue weighted by atomic mass is 32.1. The maximum Gasteiger partial charge on any atom is 0.270 e. The highest BCUT2D eigenvalue weighted by Gasteiger charge is 2.17. The molecule has 0 amide bonds. The molecule has 0 saturated heterocycles. The molecule has 3 heterocycles. The van der Waals surface area contributed by atoms with Gasteiger partial charge in [-0.2, -0.15) is 4.98 Å². The maximum atomic E-state index is 11.0. The van der Waals surface area contributed by atoms with Crippen LogP contribution in [-0.4, -0.2) is 20.0 Å². The van der Waals surface area contributed by atoms with Crippen LogP contribution >= 0.6 is 11.3 Å². The van der Waals surface area contributed by atoms with Gasteiger partial charge in [0.05, 0.1) is 24.3 Å². The van der Waals surface area contributed by atoms with Crippen molar-refractivity contribution in [3.8, 4) is 11.4 Å². The van der Waals surface area contributed by atoms with E-state index in [0.717, 1.165) is 5.76 Å². The van der Waals surface area contributed by atoms with E-state index in [1.165, 1.54) is 17.0 Å². The first-order chi connectivity index (χ1) is 13.7. The average molecular weight is 396 g/mol. The molecule has 0 aliphatic carbocycles. The number of benzene rings is 1. The van der Waals surface area contributed by atoms with Crippen LogP contribution in [0.15, 0.2) is 69.1 Å². The highest BCUT2D eigenvalue weighted by Crippen LogP contribution is 2.22. The summed E-state index contributed by atoms with van der Waals surface area (Å²) >= 11 is 1.68. The van der Waals surface area contributed by atoms with E-state index in [0.29, 0.717) is 36.9 Å². The second kappa shape index (κ2) is 8.15. The summed E-state index contributed by atoms with van der Waals surface area (Å²) in [4.78, 5) is 18.3. The molecule has 28 heavy (non-hydrogen) atoms. The summed E-state index contributed by atoms with van der Waals surface area (Å²) in [5.41, 5.74) is 0.529. The zero-order chi connectivity index (χ0) is 19.3. The Hall–Kier alpha value is -3.30. The number of hydrogen-bond acceptors (Lipinski definition) is 8. The Balaban J connectivity index is 1.52. The molecule has 4 rings (SSSR count). The molecular formula is C19H16N4O4S. The van der Waals surface area contributed by atoms with Gasteiger partial charge in [-0.3, -0.25) is 15.0 Å². The van der Waals surface area contributed by atoms with E-state index in [1.54, 1.807) is 29.7 Å². The van der Waals surface area contributed by atoms with Gasteiger partial charge >= 0.3 is 0 Å². The van der Waals surface area contributed by atoms with Gasteiger partial charge in [-0.15, -0.1) is 11.3 Å². The number of nitrogens with zero attached hydrogens (tertiary/aromatic N) is 4. The second-order valence-electron chi connectivity index (χ2n) is 6.12. The fourth-order valence-electron chi connectivity index (χ4n) is 2.80. The molecule has 0 saturated carbocycles. The van der Waals surface area contributed by atoms with Crippen LogP contribution in [-0.2, 0) is 19.6 Å². The number of hydrogen-bond donors (Lipinski definition) is 0. The van der Waals surface area contributed by atoms with Gasteiger partial charge in [0.15, 0.2) is 0 Å². The molecule has 0 fully saturated rings. The second-order valence-corrected chi connectivity index (χ2v) is 7.16. The number of aromatic nitrogens is 2. The standard InChI is InChI=1S/C19H16N4O4S/c24-23(25)15-5-1-4-14(10-15)19-20-18(27-21-19)13-22(11-16-6-2-8-26-16)12-17-7-3-9-28-17/h1-10H,11-13H2. The van der Waals surface area contributed by atoms with Crippen LogP contribution in [0.1, 0.15) is 16.5 Å². The molecule has 4 aromatic rings. The molecule has 0 radical (unpaired) electrons. The van der Waals surface area contributed by atoms with E-state index < -0.39 is 4.92 Å². The van der Waals surface area contributed by atoms with Crippen molar-refractivity contribution in [1.29, 1.82) is 0 Å². The summed E-state index contributed by atoms with van der Waals surface area (Å²) in [7, 11) is 0. The van der Waals surface area contributed by atoms with E-state index in [4.69, 9.17) is 8.94 Å².